The Morgan fingerprint density at radius 3 is 2.63 bits per heavy atom. The monoisotopic (exact) mass is 263 g/mol. The molecule has 0 aliphatic heterocycles. The molecule has 3 N–H and O–H groups in total. The SMILES string of the molecule is O=C(O)Cc1ccccc1CNCC1CCC(O)C1. The highest BCUT2D eigenvalue weighted by Gasteiger charge is 2.22. The van der Waals surface area contributed by atoms with Crippen molar-refractivity contribution in [3.05, 3.63) is 35.4 Å². The number of hydrogen-bond donors (Lipinski definition) is 3. The highest BCUT2D eigenvalue weighted by atomic mass is 16.4. The zero-order valence-corrected chi connectivity index (χ0v) is 11.0. The van der Waals surface area contributed by atoms with Crippen LogP contribution in [0.3, 0.4) is 0 Å². The minimum atomic E-state index is -0.800. The molecular weight excluding hydrogens is 242 g/mol. The van der Waals surface area contributed by atoms with E-state index in [0.29, 0.717) is 12.5 Å². The minimum absolute atomic E-state index is 0.0694. The molecule has 19 heavy (non-hydrogen) atoms. The molecule has 0 spiro atoms. The number of hydrogen-bond acceptors (Lipinski definition) is 3. The van der Waals surface area contributed by atoms with Crippen molar-refractivity contribution in [2.75, 3.05) is 6.54 Å². The van der Waals surface area contributed by atoms with E-state index in [1.807, 2.05) is 24.3 Å². The van der Waals surface area contributed by atoms with Gasteiger partial charge in [0.25, 0.3) is 0 Å². The van der Waals surface area contributed by atoms with Crippen LogP contribution in [0.2, 0.25) is 0 Å². The molecule has 2 atom stereocenters. The van der Waals surface area contributed by atoms with Gasteiger partial charge in [0.15, 0.2) is 0 Å². The lowest BCUT2D eigenvalue weighted by Gasteiger charge is -2.12. The van der Waals surface area contributed by atoms with E-state index < -0.39 is 5.97 Å². The van der Waals surface area contributed by atoms with Crippen molar-refractivity contribution < 1.29 is 15.0 Å². The lowest BCUT2D eigenvalue weighted by Crippen LogP contribution is -2.22. The summed E-state index contributed by atoms with van der Waals surface area (Å²) in [5.74, 6) is -0.256. The number of aliphatic hydroxyl groups excluding tert-OH is 1. The van der Waals surface area contributed by atoms with Crippen LogP contribution in [0.15, 0.2) is 24.3 Å². The maximum Gasteiger partial charge on any atom is 0.307 e. The molecule has 0 radical (unpaired) electrons. The van der Waals surface area contributed by atoms with Crippen molar-refractivity contribution in [2.24, 2.45) is 5.92 Å². The summed E-state index contributed by atoms with van der Waals surface area (Å²) in [5.41, 5.74) is 1.91. The first-order valence-electron chi connectivity index (χ1n) is 6.82. The van der Waals surface area contributed by atoms with Gasteiger partial charge in [-0.15, -0.1) is 0 Å². The Labute approximate surface area is 113 Å². The van der Waals surface area contributed by atoms with Crippen LogP contribution in [-0.4, -0.2) is 28.8 Å². The van der Waals surface area contributed by atoms with Crippen molar-refractivity contribution in [1.82, 2.24) is 5.32 Å². The zero-order valence-electron chi connectivity index (χ0n) is 11.0. The molecule has 0 aromatic heterocycles. The smallest absolute Gasteiger partial charge is 0.307 e. The van der Waals surface area contributed by atoms with Crippen LogP contribution in [0.25, 0.3) is 0 Å². The minimum Gasteiger partial charge on any atom is -0.481 e. The maximum absolute atomic E-state index is 10.8. The van der Waals surface area contributed by atoms with E-state index in [0.717, 1.165) is 36.9 Å². The highest BCUT2D eigenvalue weighted by molar-refractivity contribution is 5.70. The third-order valence-electron chi connectivity index (χ3n) is 3.72. The molecule has 0 heterocycles. The second kappa shape index (κ2) is 6.68. The third kappa shape index (κ3) is 4.33. The van der Waals surface area contributed by atoms with E-state index in [2.05, 4.69) is 5.32 Å². The molecule has 1 aliphatic rings. The average molecular weight is 263 g/mol. The summed E-state index contributed by atoms with van der Waals surface area (Å²) in [6.45, 7) is 1.58. The number of carboxylic acid groups (broad SMARTS) is 1. The molecule has 0 bridgehead atoms. The molecule has 1 aromatic carbocycles. The Morgan fingerprint density at radius 1 is 1.26 bits per heavy atom. The van der Waals surface area contributed by atoms with Gasteiger partial charge in [-0.25, -0.2) is 0 Å². The molecule has 0 saturated heterocycles. The topological polar surface area (TPSA) is 69.6 Å². The first kappa shape index (κ1) is 14.0. The largest absolute Gasteiger partial charge is 0.481 e. The number of aliphatic carboxylic acids is 1. The van der Waals surface area contributed by atoms with Crippen molar-refractivity contribution in [1.29, 1.82) is 0 Å². The molecule has 4 nitrogen and oxygen atoms in total. The fourth-order valence-electron chi connectivity index (χ4n) is 2.71. The van der Waals surface area contributed by atoms with Crippen LogP contribution in [-0.2, 0) is 17.8 Å². The Bertz CT molecular complexity index is 433. The Kier molecular flexibility index (Phi) is 4.93. The highest BCUT2D eigenvalue weighted by Crippen LogP contribution is 2.24. The maximum atomic E-state index is 10.8. The van der Waals surface area contributed by atoms with E-state index in [1.165, 1.54) is 0 Å². The normalized spacial score (nSPS) is 22.6. The van der Waals surface area contributed by atoms with Crippen molar-refractivity contribution in [2.45, 2.75) is 38.3 Å². The van der Waals surface area contributed by atoms with E-state index in [4.69, 9.17) is 5.11 Å². The molecule has 2 rings (SSSR count). The number of aliphatic hydroxyl groups is 1. The molecule has 1 fully saturated rings. The molecule has 1 aliphatic carbocycles. The Balaban J connectivity index is 1.83. The van der Waals surface area contributed by atoms with Crippen LogP contribution in [0, 0.1) is 5.92 Å². The summed E-state index contributed by atoms with van der Waals surface area (Å²) in [7, 11) is 0. The van der Waals surface area contributed by atoms with Crippen molar-refractivity contribution in [3.8, 4) is 0 Å². The number of nitrogens with one attached hydrogen (secondary N) is 1. The number of carboxylic acids is 1. The summed E-state index contributed by atoms with van der Waals surface area (Å²) in [4.78, 5) is 10.8. The first-order valence-corrected chi connectivity index (χ1v) is 6.82. The summed E-state index contributed by atoms with van der Waals surface area (Å²) in [6.07, 6.45) is 2.79. The quantitative estimate of drug-likeness (QED) is 0.728. The molecule has 1 saturated carbocycles. The van der Waals surface area contributed by atoms with E-state index in [9.17, 15) is 9.90 Å². The fraction of sp³-hybridized carbons (Fsp3) is 0.533. The third-order valence-corrected chi connectivity index (χ3v) is 3.72. The second-order valence-corrected chi connectivity index (χ2v) is 5.30. The standard InChI is InChI=1S/C15H21NO3/c17-14-6-5-11(7-14)9-16-10-13-4-2-1-3-12(13)8-15(18)19/h1-4,11,14,16-17H,5-10H2,(H,18,19). The van der Waals surface area contributed by atoms with Gasteiger partial charge < -0.3 is 15.5 Å². The van der Waals surface area contributed by atoms with E-state index in [1.54, 1.807) is 0 Å². The summed E-state index contributed by atoms with van der Waals surface area (Å²) >= 11 is 0. The predicted molar refractivity (Wildman–Crippen MR) is 72.8 cm³/mol. The summed E-state index contributed by atoms with van der Waals surface area (Å²) in [5, 5.41) is 21.7. The van der Waals surface area contributed by atoms with Crippen LogP contribution in [0.1, 0.15) is 30.4 Å². The van der Waals surface area contributed by atoms with Crippen LogP contribution in [0.5, 0.6) is 0 Å². The lowest BCUT2D eigenvalue weighted by molar-refractivity contribution is -0.136. The zero-order chi connectivity index (χ0) is 13.7. The van der Waals surface area contributed by atoms with Gasteiger partial charge in [0.05, 0.1) is 12.5 Å². The second-order valence-electron chi connectivity index (χ2n) is 5.30. The van der Waals surface area contributed by atoms with Gasteiger partial charge in [0, 0.05) is 6.54 Å². The van der Waals surface area contributed by atoms with E-state index >= 15 is 0 Å². The molecule has 1 aromatic rings. The fourth-order valence-corrected chi connectivity index (χ4v) is 2.71. The number of rotatable bonds is 6. The average Bonchev–Trinajstić information content (AvgIpc) is 2.77. The van der Waals surface area contributed by atoms with Crippen molar-refractivity contribution in [3.63, 3.8) is 0 Å². The van der Waals surface area contributed by atoms with Gasteiger partial charge in [0.2, 0.25) is 0 Å². The van der Waals surface area contributed by atoms with Crippen LogP contribution in [0.4, 0.5) is 0 Å². The Morgan fingerprint density at radius 2 is 2.00 bits per heavy atom. The van der Waals surface area contributed by atoms with Gasteiger partial charge in [-0.3, -0.25) is 4.79 Å². The van der Waals surface area contributed by atoms with Crippen LogP contribution < -0.4 is 5.32 Å². The molecule has 104 valence electrons. The van der Waals surface area contributed by atoms with Crippen molar-refractivity contribution >= 4 is 5.97 Å². The predicted octanol–water partition coefficient (Wildman–Crippen LogP) is 1.56. The van der Waals surface area contributed by atoms with Gasteiger partial charge in [0.1, 0.15) is 0 Å². The van der Waals surface area contributed by atoms with Gasteiger partial charge in [-0.2, -0.15) is 0 Å². The molecular formula is C15H21NO3. The molecule has 4 heteroatoms. The molecule has 0 amide bonds. The summed E-state index contributed by atoms with van der Waals surface area (Å²) < 4.78 is 0. The number of benzene rings is 1. The lowest BCUT2D eigenvalue weighted by atomic mass is 10.0. The van der Waals surface area contributed by atoms with Gasteiger partial charge in [-0.1, -0.05) is 24.3 Å². The summed E-state index contributed by atoms with van der Waals surface area (Å²) in [6, 6.07) is 7.63. The van der Waals surface area contributed by atoms with Crippen LogP contribution >= 0.6 is 0 Å². The van der Waals surface area contributed by atoms with E-state index in [-0.39, 0.29) is 12.5 Å². The van der Waals surface area contributed by atoms with Gasteiger partial charge in [-0.05, 0) is 42.9 Å². The number of carbonyl (C=O) groups is 1. The van der Waals surface area contributed by atoms with Gasteiger partial charge >= 0.3 is 5.97 Å². The first-order chi connectivity index (χ1) is 9.15. The Hall–Kier alpha value is -1.39. The molecule has 2 unspecified atom stereocenters.